The van der Waals surface area contributed by atoms with E-state index >= 15 is 0 Å². The van der Waals surface area contributed by atoms with Crippen LogP contribution in [0.25, 0.3) is 0 Å². The maximum Gasteiger partial charge on any atom is 0.0595 e. The van der Waals surface area contributed by atoms with E-state index in [-0.39, 0.29) is 0 Å². The molecule has 0 spiro atoms. The van der Waals surface area contributed by atoms with Crippen molar-refractivity contribution < 1.29 is 4.74 Å². The second-order valence-corrected chi connectivity index (χ2v) is 5.34. The van der Waals surface area contributed by atoms with E-state index in [4.69, 9.17) is 4.74 Å². The molecular weight excluding hydrogens is 266 g/mol. The largest absolute Gasteiger partial charge is 0.382 e. The molecule has 0 saturated carbocycles. The Morgan fingerprint density at radius 3 is 3.12 bits per heavy atom. The molecule has 2 nitrogen and oxygen atoms in total. The molecule has 16 heavy (non-hydrogen) atoms. The van der Waals surface area contributed by atoms with Crippen LogP contribution in [-0.4, -0.2) is 18.8 Å². The summed E-state index contributed by atoms with van der Waals surface area (Å²) in [6.07, 6.45) is 3.97. The van der Waals surface area contributed by atoms with Gasteiger partial charge in [-0.25, -0.2) is 0 Å². The highest BCUT2D eigenvalue weighted by atomic mass is 79.9. The Morgan fingerprint density at radius 1 is 1.56 bits per heavy atom. The van der Waals surface area contributed by atoms with Crippen LogP contribution in [-0.2, 0) is 4.74 Å². The number of rotatable bonds is 4. The zero-order chi connectivity index (χ0) is 11.4. The molecule has 1 heterocycles. The Morgan fingerprint density at radius 2 is 2.44 bits per heavy atom. The molecule has 1 saturated heterocycles. The minimum absolute atomic E-state index is 0.453. The summed E-state index contributed by atoms with van der Waals surface area (Å²) < 4.78 is 6.75. The SMILES string of the molecule is CC(CC1CCCO1)Nc1cccc(Br)c1. The van der Waals surface area contributed by atoms with Gasteiger partial charge in [0.25, 0.3) is 0 Å². The number of halogens is 1. The highest BCUT2D eigenvalue weighted by Crippen LogP contribution is 2.20. The molecule has 0 bridgehead atoms. The molecule has 88 valence electrons. The lowest BCUT2D eigenvalue weighted by molar-refractivity contribution is 0.101. The van der Waals surface area contributed by atoms with Crippen LogP contribution in [0.5, 0.6) is 0 Å². The van der Waals surface area contributed by atoms with Gasteiger partial charge in [-0.05, 0) is 44.4 Å². The predicted molar refractivity (Wildman–Crippen MR) is 70.8 cm³/mol. The van der Waals surface area contributed by atoms with E-state index in [1.165, 1.54) is 18.5 Å². The highest BCUT2D eigenvalue weighted by Gasteiger charge is 2.18. The summed E-state index contributed by atoms with van der Waals surface area (Å²) >= 11 is 3.48. The molecule has 0 aliphatic carbocycles. The van der Waals surface area contributed by atoms with Crippen molar-refractivity contribution >= 4 is 21.6 Å². The molecule has 0 amide bonds. The van der Waals surface area contributed by atoms with Crippen LogP contribution < -0.4 is 5.32 Å². The first-order valence-corrected chi connectivity index (χ1v) is 6.67. The van der Waals surface area contributed by atoms with Crippen LogP contribution in [0.1, 0.15) is 26.2 Å². The molecule has 1 aromatic carbocycles. The first kappa shape index (κ1) is 11.9. The normalized spacial score (nSPS) is 22.0. The maximum atomic E-state index is 5.64. The monoisotopic (exact) mass is 283 g/mol. The smallest absolute Gasteiger partial charge is 0.0595 e. The van der Waals surface area contributed by atoms with Gasteiger partial charge in [-0.3, -0.25) is 0 Å². The summed E-state index contributed by atoms with van der Waals surface area (Å²) in [4.78, 5) is 0. The zero-order valence-corrected chi connectivity index (χ0v) is 11.2. The molecule has 1 aromatic rings. The average molecular weight is 284 g/mol. The molecule has 2 atom stereocenters. The van der Waals surface area contributed by atoms with Gasteiger partial charge < -0.3 is 10.1 Å². The van der Waals surface area contributed by atoms with Crippen LogP contribution in [0.2, 0.25) is 0 Å². The zero-order valence-electron chi connectivity index (χ0n) is 9.58. The summed E-state index contributed by atoms with van der Waals surface area (Å²) in [7, 11) is 0. The van der Waals surface area contributed by atoms with Crippen molar-refractivity contribution in [1.82, 2.24) is 0 Å². The fraction of sp³-hybridized carbons (Fsp3) is 0.538. The molecular formula is C13H18BrNO. The van der Waals surface area contributed by atoms with E-state index in [0.717, 1.165) is 17.5 Å². The molecule has 2 rings (SSSR count). The Bertz CT molecular complexity index is 336. The van der Waals surface area contributed by atoms with Gasteiger partial charge in [-0.15, -0.1) is 0 Å². The van der Waals surface area contributed by atoms with Crippen LogP contribution in [0, 0.1) is 0 Å². The van der Waals surface area contributed by atoms with E-state index < -0.39 is 0 Å². The third-order valence-electron chi connectivity index (χ3n) is 2.88. The van der Waals surface area contributed by atoms with Crippen LogP contribution in [0.15, 0.2) is 28.7 Å². The van der Waals surface area contributed by atoms with Crippen molar-refractivity contribution in [2.45, 2.75) is 38.3 Å². The van der Waals surface area contributed by atoms with Gasteiger partial charge in [-0.1, -0.05) is 22.0 Å². The van der Waals surface area contributed by atoms with Crippen molar-refractivity contribution in [2.24, 2.45) is 0 Å². The maximum absolute atomic E-state index is 5.64. The summed E-state index contributed by atoms with van der Waals surface area (Å²) in [6.45, 7) is 3.15. The molecule has 0 radical (unpaired) electrons. The molecule has 2 unspecified atom stereocenters. The van der Waals surface area contributed by atoms with Gasteiger partial charge in [0, 0.05) is 22.8 Å². The second kappa shape index (κ2) is 5.69. The lowest BCUT2D eigenvalue weighted by atomic mass is 10.1. The van der Waals surface area contributed by atoms with Crippen molar-refractivity contribution in [3.8, 4) is 0 Å². The third-order valence-corrected chi connectivity index (χ3v) is 3.37. The number of benzene rings is 1. The number of hydrogen-bond acceptors (Lipinski definition) is 2. The molecule has 1 aliphatic rings. The summed E-state index contributed by atoms with van der Waals surface area (Å²) in [5, 5.41) is 3.50. The minimum Gasteiger partial charge on any atom is -0.382 e. The summed E-state index contributed by atoms with van der Waals surface area (Å²) in [6, 6.07) is 8.74. The summed E-state index contributed by atoms with van der Waals surface area (Å²) in [5.41, 5.74) is 1.17. The van der Waals surface area contributed by atoms with E-state index in [0.29, 0.717) is 12.1 Å². The molecule has 3 heteroatoms. The number of anilines is 1. The van der Waals surface area contributed by atoms with Gasteiger partial charge in [-0.2, -0.15) is 0 Å². The molecule has 1 N–H and O–H groups in total. The molecule has 0 aromatic heterocycles. The van der Waals surface area contributed by atoms with E-state index in [1.54, 1.807) is 0 Å². The van der Waals surface area contributed by atoms with Gasteiger partial charge >= 0.3 is 0 Å². The topological polar surface area (TPSA) is 21.3 Å². The lowest BCUT2D eigenvalue weighted by Crippen LogP contribution is -2.21. The predicted octanol–water partition coefficient (Wildman–Crippen LogP) is 3.82. The Balaban J connectivity index is 1.84. The van der Waals surface area contributed by atoms with Gasteiger partial charge in [0.2, 0.25) is 0 Å². The highest BCUT2D eigenvalue weighted by molar-refractivity contribution is 9.10. The number of hydrogen-bond donors (Lipinski definition) is 1. The molecule has 1 fully saturated rings. The van der Waals surface area contributed by atoms with E-state index in [9.17, 15) is 0 Å². The molecule has 1 aliphatic heterocycles. The van der Waals surface area contributed by atoms with Crippen LogP contribution >= 0.6 is 15.9 Å². The lowest BCUT2D eigenvalue weighted by Gasteiger charge is -2.18. The Labute approximate surface area is 106 Å². The van der Waals surface area contributed by atoms with Crippen molar-refractivity contribution in [1.29, 1.82) is 0 Å². The van der Waals surface area contributed by atoms with Crippen molar-refractivity contribution in [3.05, 3.63) is 28.7 Å². The number of ether oxygens (including phenoxy) is 1. The Hall–Kier alpha value is -0.540. The minimum atomic E-state index is 0.453. The Kier molecular flexibility index (Phi) is 4.24. The standard InChI is InChI=1S/C13H18BrNO/c1-10(8-13-6-3-7-16-13)15-12-5-2-4-11(14)9-12/h2,4-5,9-10,13,15H,3,6-8H2,1H3. The fourth-order valence-electron chi connectivity index (χ4n) is 2.15. The first-order chi connectivity index (χ1) is 7.74. The van der Waals surface area contributed by atoms with Gasteiger partial charge in [0.1, 0.15) is 0 Å². The summed E-state index contributed by atoms with van der Waals surface area (Å²) in [5.74, 6) is 0. The van der Waals surface area contributed by atoms with E-state index in [1.807, 2.05) is 12.1 Å². The van der Waals surface area contributed by atoms with E-state index in [2.05, 4.69) is 40.3 Å². The van der Waals surface area contributed by atoms with Gasteiger partial charge in [0.15, 0.2) is 0 Å². The number of nitrogens with one attached hydrogen (secondary N) is 1. The van der Waals surface area contributed by atoms with Crippen molar-refractivity contribution in [3.63, 3.8) is 0 Å². The average Bonchev–Trinajstić information content (AvgIpc) is 2.70. The van der Waals surface area contributed by atoms with Crippen molar-refractivity contribution in [2.75, 3.05) is 11.9 Å². The van der Waals surface area contributed by atoms with Crippen LogP contribution in [0.4, 0.5) is 5.69 Å². The first-order valence-electron chi connectivity index (χ1n) is 5.88. The van der Waals surface area contributed by atoms with Gasteiger partial charge in [0.05, 0.1) is 6.10 Å². The van der Waals surface area contributed by atoms with Crippen LogP contribution in [0.3, 0.4) is 0 Å². The fourth-order valence-corrected chi connectivity index (χ4v) is 2.55. The second-order valence-electron chi connectivity index (χ2n) is 4.43. The third kappa shape index (κ3) is 3.49. The quantitative estimate of drug-likeness (QED) is 0.907.